The van der Waals surface area contributed by atoms with Crippen molar-refractivity contribution in [1.82, 2.24) is 0 Å². The number of carbonyl (C=O) groups is 4. The van der Waals surface area contributed by atoms with Crippen LogP contribution >= 0.6 is 0 Å². The van der Waals surface area contributed by atoms with E-state index in [1.807, 2.05) is 0 Å². The zero-order valence-electron chi connectivity index (χ0n) is 72.7. The van der Waals surface area contributed by atoms with E-state index < -0.39 is 337 Å². The number of hydrogen-bond donors (Lipinski definition) is 19. The van der Waals surface area contributed by atoms with Crippen LogP contribution < -0.4 is 0 Å². The van der Waals surface area contributed by atoms with Crippen LogP contribution in [0.1, 0.15) is 126 Å². The Morgan fingerprint density at radius 2 is 1.03 bits per heavy atom. The maximum absolute atomic E-state index is 15.7. The molecule has 42 heteroatoms. The number of fused-ring (bicyclic) bond motifs is 7. The van der Waals surface area contributed by atoms with Crippen molar-refractivity contribution in [1.29, 1.82) is 0 Å². The molecule has 0 aromatic heterocycles. The van der Waals surface area contributed by atoms with Gasteiger partial charge in [0, 0.05) is 19.9 Å². The highest BCUT2D eigenvalue weighted by Gasteiger charge is 2.73. The first-order chi connectivity index (χ1) is 60.4. The predicted octanol–water partition coefficient (Wildman–Crippen LogP) is -5.16. The Kier molecular flexibility index (Phi) is 30.3. The van der Waals surface area contributed by atoms with E-state index in [4.69, 9.17) is 90.0 Å². The fourth-order valence-corrected chi connectivity index (χ4v) is 22.6. The van der Waals surface area contributed by atoms with Gasteiger partial charge in [0.15, 0.2) is 62.3 Å². The second-order valence-corrected chi connectivity index (χ2v) is 38.9. The molecule has 43 unspecified atom stereocenters. The van der Waals surface area contributed by atoms with Gasteiger partial charge in [0.05, 0.1) is 65.1 Å². The van der Waals surface area contributed by atoms with Crippen LogP contribution in [0.3, 0.4) is 0 Å². The summed E-state index contributed by atoms with van der Waals surface area (Å²) in [7, 11) is 0. The molecule has 1 aromatic carbocycles. The molecule has 8 aliphatic heterocycles. The van der Waals surface area contributed by atoms with Crippen LogP contribution in [0.2, 0.25) is 0 Å². The Hall–Kier alpha value is -4.78. The second-order valence-electron chi connectivity index (χ2n) is 38.9. The summed E-state index contributed by atoms with van der Waals surface area (Å²) in [5.74, 6) is -4.29. The Morgan fingerprint density at radius 1 is 0.477 bits per heavy atom. The molecule has 0 radical (unpaired) electrons. The van der Waals surface area contributed by atoms with Crippen molar-refractivity contribution in [2.24, 2.45) is 50.2 Å². The van der Waals surface area contributed by atoms with E-state index in [9.17, 15) is 111 Å². The summed E-state index contributed by atoms with van der Waals surface area (Å²) >= 11 is 0. The third kappa shape index (κ3) is 18.8. The first-order valence-corrected chi connectivity index (χ1v) is 43.9. The highest BCUT2D eigenvalue weighted by Crippen LogP contribution is 2.76. The lowest BCUT2D eigenvalue weighted by Gasteiger charge is -2.71. The highest BCUT2D eigenvalue weighted by molar-refractivity contribution is 5.87. The topological polar surface area (TPSA) is 628 Å². The number of aliphatic hydroxyl groups excluding tert-OH is 18. The summed E-state index contributed by atoms with van der Waals surface area (Å²) in [6.07, 6.45) is -51.7. The van der Waals surface area contributed by atoms with E-state index >= 15 is 4.79 Å². The maximum Gasteiger partial charge on any atom is 0.331 e. The summed E-state index contributed by atoms with van der Waals surface area (Å²) in [6.45, 7) is 11.1. The van der Waals surface area contributed by atoms with E-state index in [1.54, 1.807) is 30.3 Å². The molecule has 0 spiro atoms. The molecule has 4 saturated carbocycles. The quantitative estimate of drug-likeness (QED) is 0.0143. The number of allylic oxidation sites excluding steroid dienone is 2. The van der Waals surface area contributed by atoms with Crippen LogP contribution in [0.15, 0.2) is 48.1 Å². The molecule has 13 aliphatic rings. The molecular weight excluding hydrogens is 1700 g/mol. The molecule has 8 saturated heterocycles. The van der Waals surface area contributed by atoms with Crippen LogP contribution in [-0.4, -0.2) is 401 Å². The molecule has 0 bridgehead atoms. The van der Waals surface area contributed by atoms with Crippen LogP contribution in [0.5, 0.6) is 0 Å². The Labute approximate surface area is 737 Å². The fourth-order valence-electron chi connectivity index (χ4n) is 22.6. The first-order valence-electron chi connectivity index (χ1n) is 43.9. The van der Waals surface area contributed by atoms with Crippen molar-refractivity contribution >= 4 is 30.0 Å². The number of rotatable bonds is 25. The molecule has 8 heterocycles. The second kappa shape index (κ2) is 39.1. The van der Waals surface area contributed by atoms with Crippen LogP contribution in [0, 0.1) is 50.2 Å². The zero-order chi connectivity index (χ0) is 92.7. The first kappa shape index (κ1) is 99.2. The summed E-state index contributed by atoms with van der Waals surface area (Å²) < 4.78 is 112. The molecule has 19 N–H and O–H groups in total. The lowest BCUT2D eigenvalue weighted by atomic mass is 9.33. The summed E-state index contributed by atoms with van der Waals surface area (Å²) in [6, 6.07) is 8.58. The van der Waals surface area contributed by atoms with E-state index in [1.165, 1.54) is 6.08 Å². The molecule has 0 amide bonds. The number of hydrogen-bond acceptors (Lipinski definition) is 42. The molecule has 14 rings (SSSR count). The Balaban J connectivity index is 0.599. The van der Waals surface area contributed by atoms with E-state index in [-0.39, 0.29) is 30.1 Å². The number of benzene rings is 1. The van der Waals surface area contributed by atoms with Crippen LogP contribution in [0.4, 0.5) is 0 Å². The number of carbonyl (C=O) groups excluding carboxylic acids is 4. The molecule has 128 heavy (non-hydrogen) atoms. The van der Waals surface area contributed by atoms with E-state index in [0.717, 1.165) is 25.5 Å². The van der Waals surface area contributed by atoms with Crippen LogP contribution in [-0.2, 0) is 109 Å². The van der Waals surface area contributed by atoms with Crippen LogP contribution in [0.25, 0.3) is 6.08 Å². The minimum atomic E-state index is -2.07. The van der Waals surface area contributed by atoms with Gasteiger partial charge >= 0.3 is 23.9 Å². The van der Waals surface area contributed by atoms with Gasteiger partial charge in [-0.1, -0.05) is 90.4 Å². The third-order valence-corrected chi connectivity index (χ3v) is 30.1. The SMILES string of the molecule is CC(=O)OCC1OC(OC2COC(OC3COC(OC4C(OC5C(CO)OC(OC6CCC7(C)C(CCC8(C)C7CC=C7C9CC(C)(C)CCC9(C(=O)OC9OC(CO)C(O)C(O)C9OC9OCC(OC%10OCC(O)(CO)C%10O)C(O)C9O)C(O)CC78C)C6(C)C)C(O)C5O)OCC(O)C4O)C(O)C3O)C(O)C2O)C(OC(=O)/C=C/c2ccccc2)C(O)C1OC(C)=O. The highest BCUT2D eigenvalue weighted by atomic mass is 16.8. The molecule has 1 aromatic rings. The molecule has 724 valence electrons. The van der Waals surface area contributed by atoms with Gasteiger partial charge < -0.3 is 187 Å². The van der Waals surface area contributed by atoms with Gasteiger partial charge in [0.1, 0.15) is 152 Å². The van der Waals surface area contributed by atoms with Crippen molar-refractivity contribution < 1.29 is 206 Å². The van der Waals surface area contributed by atoms with Gasteiger partial charge in [0.25, 0.3) is 0 Å². The molecule has 42 nitrogen and oxygen atoms in total. The van der Waals surface area contributed by atoms with Crippen molar-refractivity contribution in [2.45, 2.75) is 341 Å². The van der Waals surface area contributed by atoms with Crippen molar-refractivity contribution in [3.8, 4) is 0 Å². The lowest BCUT2D eigenvalue weighted by Crippen LogP contribution is -2.68. The summed E-state index contributed by atoms with van der Waals surface area (Å²) in [5, 5.41) is 215. The standard InChI is InChI=1S/C86H128O42/c1-36(90)110-33-47-66(116-37(2)91)64(106)69(124-52(94)18-15-38-13-11-10-12-14-38)76(122-47)120-45-31-112-71(60(102)56(45)98)119-44-30-113-72(61(103)55(44)97)126-67-53(95)41(92)29-111-75(67)125-65-43(28-88)118-74(63(105)59(65)101)123-51-20-21-82(7)48(81(51,5)6)19-22-83(8)49(82)17-16-39-40-25-80(3,4)23-24-86(40,50(93)26-84(39,83)9)79(108)128-77-68(58(100)54(96)42(27-87)117-77)127-73-62(104)57(99)46(32-114-73)121-78-70(107)85(109,34-89)35-115-78/h10-16,18,40-51,53-78,87-89,92-93,95-107,109H,17,19-35H2,1-9H3/b18-15+. The lowest BCUT2D eigenvalue weighted by molar-refractivity contribution is -0.383. The van der Waals surface area contributed by atoms with E-state index in [2.05, 4.69) is 54.5 Å². The van der Waals surface area contributed by atoms with Crippen molar-refractivity contribution in [3.05, 3.63) is 53.6 Å². The Bertz CT molecular complexity index is 4010. The largest absolute Gasteiger partial charge is 0.463 e. The number of aliphatic hydroxyl groups is 19. The van der Waals surface area contributed by atoms with Crippen molar-refractivity contribution in [2.75, 3.05) is 59.5 Å². The van der Waals surface area contributed by atoms with Gasteiger partial charge in [-0.15, -0.1) is 0 Å². The average molecular weight is 1830 g/mol. The monoisotopic (exact) mass is 1830 g/mol. The van der Waals surface area contributed by atoms with Gasteiger partial charge in [-0.05, 0) is 114 Å². The predicted molar refractivity (Wildman–Crippen MR) is 423 cm³/mol. The molecule has 12 fully saturated rings. The number of esters is 4. The maximum atomic E-state index is 15.7. The normalized spacial score (nSPS) is 48.9. The average Bonchev–Trinajstić information content (AvgIpc) is 0.698. The van der Waals surface area contributed by atoms with Gasteiger partial charge in [-0.2, -0.15) is 0 Å². The third-order valence-electron chi connectivity index (χ3n) is 30.1. The minimum Gasteiger partial charge on any atom is -0.463 e. The number of ether oxygens (including phenoxy) is 19. The fraction of sp³-hybridized carbons (Fsp3) is 0.837. The molecule has 5 aliphatic carbocycles. The summed E-state index contributed by atoms with van der Waals surface area (Å²) in [5.41, 5.74) is -4.79. The van der Waals surface area contributed by atoms with E-state index in [0.29, 0.717) is 50.5 Å². The zero-order valence-corrected chi connectivity index (χ0v) is 72.7. The molecular formula is C86H128O42. The minimum absolute atomic E-state index is 0.0192. The Morgan fingerprint density at radius 3 is 1.62 bits per heavy atom. The summed E-state index contributed by atoms with van der Waals surface area (Å²) in [4.78, 5) is 53.1. The van der Waals surface area contributed by atoms with Gasteiger partial charge in [-0.25, -0.2) is 4.79 Å². The van der Waals surface area contributed by atoms with Gasteiger partial charge in [-0.3, -0.25) is 14.4 Å². The molecule has 43 atom stereocenters. The van der Waals surface area contributed by atoms with Crippen molar-refractivity contribution in [3.63, 3.8) is 0 Å². The smallest absolute Gasteiger partial charge is 0.331 e. The van der Waals surface area contributed by atoms with Gasteiger partial charge in [0.2, 0.25) is 6.29 Å².